The Morgan fingerprint density at radius 2 is 1.24 bits per heavy atom. The van der Waals surface area contributed by atoms with Crippen molar-refractivity contribution in [1.82, 2.24) is 58.3 Å². The molecule has 45 heavy (non-hydrogen) atoms. The molecule has 0 aliphatic carbocycles. The van der Waals surface area contributed by atoms with Crippen LogP contribution in [-0.2, 0) is 27.4 Å². The predicted octanol–water partition coefficient (Wildman–Crippen LogP) is 3.02. The SMILES string of the molecule is COC(=O)Cn1cc(-c2nc(C)n3c2cnc2[nH]ccc23)cn1.Cc1nc(-c2cnn(CC(=O)O)c2)c2cnc3[nH]ccc3n12. The lowest BCUT2D eigenvalue weighted by Gasteiger charge is -1.99. The van der Waals surface area contributed by atoms with Crippen LogP contribution in [0.25, 0.3) is 55.9 Å². The van der Waals surface area contributed by atoms with E-state index in [1.54, 1.807) is 37.2 Å². The van der Waals surface area contributed by atoms with Gasteiger partial charge in [-0.05, 0) is 26.0 Å². The molecule has 3 N–H and O–H groups in total. The summed E-state index contributed by atoms with van der Waals surface area (Å²) in [6.45, 7) is 3.76. The van der Waals surface area contributed by atoms with Crippen molar-refractivity contribution in [2.75, 3.05) is 7.11 Å². The first kappa shape index (κ1) is 27.5. The third kappa shape index (κ3) is 4.83. The van der Waals surface area contributed by atoms with Gasteiger partial charge in [0.2, 0.25) is 0 Å². The van der Waals surface area contributed by atoms with Gasteiger partial charge in [-0.1, -0.05) is 0 Å². The zero-order valence-corrected chi connectivity index (χ0v) is 24.3. The Balaban J connectivity index is 0.000000145. The van der Waals surface area contributed by atoms with E-state index in [4.69, 9.17) is 5.11 Å². The molecule has 8 rings (SSSR count). The standard InChI is InChI=1S/C15H14N6O2.C14H12N6O2/c1-9-19-14(10-5-18-20(7-10)8-13(22)23-2)12-6-17-15-11(21(9)12)3-4-16-15;1-8-18-13(9-4-17-19(6-9)7-12(21)22)11-5-16-14-10(20(8)11)2-3-15-14/h3-7,16H,8H2,1-2H3;2-6,15H,7H2,1H3,(H,21,22). The fraction of sp³-hybridized carbons (Fsp3) is 0.172. The van der Waals surface area contributed by atoms with Crippen LogP contribution in [0.5, 0.6) is 0 Å². The number of aromatic nitrogens is 12. The van der Waals surface area contributed by atoms with E-state index in [2.05, 4.69) is 44.8 Å². The molecule has 0 atom stereocenters. The highest BCUT2D eigenvalue weighted by Crippen LogP contribution is 2.28. The van der Waals surface area contributed by atoms with Crippen LogP contribution in [-0.4, -0.2) is 82.4 Å². The highest BCUT2D eigenvalue weighted by molar-refractivity contribution is 5.85. The summed E-state index contributed by atoms with van der Waals surface area (Å²) in [5, 5.41) is 17.1. The van der Waals surface area contributed by atoms with Gasteiger partial charge in [-0.25, -0.2) is 19.9 Å². The summed E-state index contributed by atoms with van der Waals surface area (Å²) in [6.07, 6.45) is 14.0. The molecule has 0 saturated heterocycles. The Morgan fingerprint density at radius 3 is 1.71 bits per heavy atom. The minimum atomic E-state index is -0.934. The monoisotopic (exact) mass is 606 g/mol. The Kier molecular flexibility index (Phi) is 6.57. The second-order valence-corrected chi connectivity index (χ2v) is 10.2. The lowest BCUT2D eigenvalue weighted by Crippen LogP contribution is -2.11. The van der Waals surface area contributed by atoms with Gasteiger partial charge in [-0.2, -0.15) is 10.2 Å². The van der Waals surface area contributed by atoms with Crippen LogP contribution in [0.2, 0.25) is 0 Å². The number of imidazole rings is 2. The van der Waals surface area contributed by atoms with E-state index in [-0.39, 0.29) is 19.1 Å². The van der Waals surface area contributed by atoms with Gasteiger partial charge in [0.15, 0.2) is 11.3 Å². The number of rotatable bonds is 6. The fourth-order valence-electron chi connectivity index (χ4n) is 5.37. The minimum absolute atomic E-state index is 0.0710. The number of aliphatic carboxylic acids is 1. The molecule has 8 aromatic rings. The number of carbonyl (C=O) groups is 2. The lowest BCUT2D eigenvalue weighted by molar-refractivity contribution is -0.141. The molecule has 0 unspecified atom stereocenters. The molecule has 16 heteroatoms. The molecule has 16 nitrogen and oxygen atoms in total. The number of H-pyrrole nitrogens is 2. The van der Waals surface area contributed by atoms with Gasteiger partial charge >= 0.3 is 11.9 Å². The molecule has 226 valence electrons. The molecule has 0 aliphatic rings. The van der Waals surface area contributed by atoms with Crippen LogP contribution in [0.15, 0.2) is 61.7 Å². The Labute approximate surface area is 253 Å². The maximum Gasteiger partial charge on any atom is 0.327 e. The van der Waals surface area contributed by atoms with Crippen molar-refractivity contribution in [2.24, 2.45) is 0 Å². The molecular formula is C29H26N12O4. The quantitative estimate of drug-likeness (QED) is 0.237. The summed E-state index contributed by atoms with van der Waals surface area (Å²) >= 11 is 0. The van der Waals surface area contributed by atoms with Crippen LogP contribution in [0.1, 0.15) is 11.6 Å². The number of aryl methyl sites for hydroxylation is 2. The van der Waals surface area contributed by atoms with E-state index in [0.29, 0.717) is 0 Å². The summed E-state index contributed by atoms with van der Waals surface area (Å²) in [5.41, 5.74) is 8.41. The highest BCUT2D eigenvalue weighted by atomic mass is 16.5. The van der Waals surface area contributed by atoms with Gasteiger partial charge in [-0.3, -0.25) is 27.8 Å². The second kappa shape index (κ2) is 10.7. The number of hydrogen-bond acceptors (Lipinski definition) is 9. The summed E-state index contributed by atoms with van der Waals surface area (Å²) in [7, 11) is 1.35. The number of aromatic amines is 2. The fourth-order valence-corrected chi connectivity index (χ4v) is 5.37. The van der Waals surface area contributed by atoms with Gasteiger partial charge in [-0.15, -0.1) is 0 Å². The van der Waals surface area contributed by atoms with E-state index in [1.165, 1.54) is 16.5 Å². The predicted molar refractivity (Wildman–Crippen MR) is 161 cm³/mol. The van der Waals surface area contributed by atoms with Crippen molar-refractivity contribution in [2.45, 2.75) is 26.9 Å². The number of nitrogens with zero attached hydrogens (tertiary/aromatic N) is 10. The molecule has 0 fully saturated rings. The van der Waals surface area contributed by atoms with Crippen LogP contribution in [0.4, 0.5) is 0 Å². The molecule has 0 aromatic carbocycles. The van der Waals surface area contributed by atoms with Crippen LogP contribution in [0, 0.1) is 13.8 Å². The molecule has 8 heterocycles. The zero-order chi connectivity index (χ0) is 31.2. The minimum Gasteiger partial charge on any atom is -0.480 e. The van der Waals surface area contributed by atoms with Crippen molar-refractivity contribution in [3.63, 3.8) is 0 Å². The van der Waals surface area contributed by atoms with E-state index in [1.807, 2.05) is 47.2 Å². The number of carboxylic acids is 1. The maximum atomic E-state index is 11.3. The van der Waals surface area contributed by atoms with Crippen LogP contribution >= 0.6 is 0 Å². The Morgan fingerprint density at radius 1 is 0.756 bits per heavy atom. The summed E-state index contributed by atoms with van der Waals surface area (Å²) in [6, 6.07) is 3.91. The lowest BCUT2D eigenvalue weighted by atomic mass is 10.2. The van der Waals surface area contributed by atoms with Crippen molar-refractivity contribution >= 4 is 45.3 Å². The van der Waals surface area contributed by atoms with E-state index >= 15 is 0 Å². The van der Waals surface area contributed by atoms with E-state index in [0.717, 1.165) is 67.5 Å². The van der Waals surface area contributed by atoms with Gasteiger partial charge in [0.1, 0.15) is 36.1 Å². The summed E-state index contributed by atoms with van der Waals surface area (Å²) < 4.78 is 11.6. The maximum absolute atomic E-state index is 11.3. The number of carboxylic acid groups (broad SMARTS) is 1. The average Bonchev–Trinajstić information content (AvgIpc) is 3.86. The van der Waals surface area contributed by atoms with E-state index < -0.39 is 5.97 Å². The number of esters is 1. The first-order valence-electron chi connectivity index (χ1n) is 13.8. The van der Waals surface area contributed by atoms with Crippen LogP contribution in [0.3, 0.4) is 0 Å². The normalized spacial score (nSPS) is 11.4. The van der Waals surface area contributed by atoms with Crippen molar-refractivity contribution in [1.29, 1.82) is 0 Å². The number of fused-ring (bicyclic) bond motifs is 6. The van der Waals surface area contributed by atoms with Crippen LogP contribution < -0.4 is 0 Å². The Bertz CT molecular complexity index is 2370. The Hall–Kier alpha value is -6.32. The van der Waals surface area contributed by atoms with Gasteiger partial charge < -0.3 is 19.8 Å². The molecule has 0 saturated carbocycles. The first-order valence-corrected chi connectivity index (χ1v) is 13.8. The third-order valence-corrected chi connectivity index (χ3v) is 7.31. The van der Waals surface area contributed by atoms with Crippen molar-refractivity contribution in [3.8, 4) is 22.5 Å². The second-order valence-electron chi connectivity index (χ2n) is 10.2. The molecule has 0 amide bonds. The van der Waals surface area contributed by atoms with Crippen molar-refractivity contribution in [3.05, 3.63) is 73.4 Å². The zero-order valence-electron chi connectivity index (χ0n) is 24.3. The topological polar surface area (TPSA) is 191 Å². The summed E-state index contributed by atoms with van der Waals surface area (Å²) in [4.78, 5) is 46.3. The molecule has 0 radical (unpaired) electrons. The number of hydrogen-bond donors (Lipinski definition) is 3. The number of nitrogens with one attached hydrogen (secondary N) is 2. The van der Waals surface area contributed by atoms with Gasteiger partial charge in [0, 0.05) is 35.9 Å². The number of carbonyl (C=O) groups excluding carboxylic acids is 1. The smallest absolute Gasteiger partial charge is 0.327 e. The first-order chi connectivity index (χ1) is 21.8. The van der Waals surface area contributed by atoms with E-state index in [9.17, 15) is 9.59 Å². The molecule has 0 spiro atoms. The number of methoxy groups -OCH3 is 1. The number of ether oxygens (including phenoxy) is 1. The summed E-state index contributed by atoms with van der Waals surface area (Å²) in [5.74, 6) is 0.420. The van der Waals surface area contributed by atoms with Gasteiger partial charge in [0.05, 0.1) is 54.0 Å². The molecule has 0 bridgehead atoms. The van der Waals surface area contributed by atoms with Crippen molar-refractivity contribution < 1.29 is 19.4 Å². The van der Waals surface area contributed by atoms with Gasteiger partial charge in [0.25, 0.3) is 0 Å². The highest BCUT2D eigenvalue weighted by Gasteiger charge is 2.17. The average molecular weight is 607 g/mol. The molecule has 8 aromatic heterocycles. The molecular weight excluding hydrogens is 580 g/mol. The third-order valence-electron chi connectivity index (χ3n) is 7.31. The largest absolute Gasteiger partial charge is 0.480 e. The molecule has 0 aliphatic heterocycles.